The predicted molar refractivity (Wildman–Crippen MR) is 128 cm³/mol. The zero-order valence-corrected chi connectivity index (χ0v) is 19.6. The summed E-state index contributed by atoms with van der Waals surface area (Å²) in [5.74, 6) is 0. The van der Waals surface area contributed by atoms with Crippen LogP contribution < -0.4 is 10.6 Å². The molecule has 0 atom stereocenters. The van der Waals surface area contributed by atoms with Crippen LogP contribution in [0.5, 0.6) is 0 Å². The average molecular weight is 425 g/mol. The van der Waals surface area contributed by atoms with E-state index >= 15 is 0 Å². The second-order valence-corrected chi connectivity index (χ2v) is 14.5. The Morgan fingerprint density at radius 1 is 0.667 bits per heavy atom. The van der Waals surface area contributed by atoms with Crippen LogP contribution >= 0.6 is 29.8 Å². The first-order valence-electron chi connectivity index (χ1n) is 10.5. The molecule has 0 radical (unpaired) electrons. The van der Waals surface area contributed by atoms with E-state index in [9.17, 15) is 0 Å². The van der Waals surface area contributed by atoms with Crippen LogP contribution in [0.1, 0.15) is 59.3 Å². The van der Waals surface area contributed by atoms with Crippen molar-refractivity contribution in [2.75, 3.05) is 18.5 Å². The van der Waals surface area contributed by atoms with Gasteiger partial charge in [0.15, 0.2) is 0 Å². The Balaban J connectivity index is 2.88. The minimum atomic E-state index is -2.46. The molecule has 0 N–H and O–H groups in total. The molecule has 2 aromatic carbocycles. The van der Waals surface area contributed by atoms with E-state index in [4.69, 9.17) is 23.2 Å². The molecule has 0 aromatic heterocycles. The van der Waals surface area contributed by atoms with Gasteiger partial charge in [-0.15, -0.1) is 0 Å². The Morgan fingerprint density at radius 3 is 1.67 bits per heavy atom. The Kier molecular flexibility index (Phi) is 8.67. The fourth-order valence-electron chi connectivity index (χ4n) is 4.61. The molecule has 0 heterocycles. The second kappa shape index (κ2) is 10.3. The van der Waals surface area contributed by atoms with E-state index in [1.165, 1.54) is 67.6 Å². The Labute approximate surface area is 176 Å². The predicted octanol–water partition coefficient (Wildman–Crippen LogP) is 7.90. The summed E-state index contributed by atoms with van der Waals surface area (Å²) in [6, 6.07) is 17.6. The van der Waals surface area contributed by atoms with Crippen molar-refractivity contribution in [3.63, 3.8) is 0 Å². The molecule has 0 bridgehead atoms. The molecule has 0 amide bonds. The molecule has 0 aliphatic rings. The molecule has 0 aliphatic carbocycles. The van der Waals surface area contributed by atoms with Gasteiger partial charge in [-0.3, -0.25) is 0 Å². The molecular formula is C24H35Cl2P. The van der Waals surface area contributed by atoms with Crippen LogP contribution in [0.25, 0.3) is 0 Å². The molecule has 0 nitrogen and oxygen atoms in total. The summed E-state index contributed by atoms with van der Waals surface area (Å²) in [6.45, 7) is 4.44. The van der Waals surface area contributed by atoms with Gasteiger partial charge in [-0.25, -0.2) is 0 Å². The van der Waals surface area contributed by atoms with Crippen molar-refractivity contribution in [1.29, 1.82) is 0 Å². The Bertz CT molecular complexity index is 687. The maximum atomic E-state index is 6.95. The first kappa shape index (κ1) is 22.7. The third-order valence-corrected chi connectivity index (χ3v) is 14.6. The van der Waals surface area contributed by atoms with E-state index in [1.54, 1.807) is 0 Å². The molecule has 150 valence electrons. The van der Waals surface area contributed by atoms with Gasteiger partial charge in [0.2, 0.25) is 0 Å². The van der Waals surface area contributed by atoms with Crippen LogP contribution in [0.15, 0.2) is 48.5 Å². The van der Waals surface area contributed by atoms with Gasteiger partial charge in [-0.2, -0.15) is 0 Å². The standard InChI is InChI=1S/C24H35Cl2P/c1-4-7-18-27(19-8-5-2,20-9-6-3,21-14-11-10-12-15-21)23-17-13-16-22(25)24(23)26/h10-17H,4-9,18-20H2,1-3H3. The summed E-state index contributed by atoms with van der Waals surface area (Å²) in [5.41, 5.74) is 0. The van der Waals surface area contributed by atoms with Gasteiger partial charge in [0.05, 0.1) is 0 Å². The molecule has 0 aliphatic heterocycles. The Hall–Kier alpha value is -0.550. The van der Waals surface area contributed by atoms with Crippen molar-refractivity contribution in [2.45, 2.75) is 59.3 Å². The number of hydrogen-bond acceptors (Lipinski definition) is 0. The molecule has 0 fully saturated rings. The van der Waals surface area contributed by atoms with Gasteiger partial charge >= 0.3 is 177 Å². The van der Waals surface area contributed by atoms with Gasteiger partial charge in [0.1, 0.15) is 0 Å². The molecule has 27 heavy (non-hydrogen) atoms. The number of benzene rings is 2. The SMILES string of the molecule is CCCCP(CCCC)(CCCC)(c1ccccc1)c1cccc(Cl)c1Cl. The molecule has 3 heteroatoms. The van der Waals surface area contributed by atoms with Crippen molar-refractivity contribution < 1.29 is 0 Å². The van der Waals surface area contributed by atoms with Gasteiger partial charge in [-0.1, -0.05) is 0 Å². The first-order valence-corrected chi connectivity index (χ1v) is 14.1. The van der Waals surface area contributed by atoms with Crippen LogP contribution in [0.3, 0.4) is 0 Å². The summed E-state index contributed by atoms with van der Waals surface area (Å²) < 4.78 is 0. The fourth-order valence-corrected chi connectivity index (χ4v) is 13.4. The molecule has 2 rings (SSSR count). The zero-order chi connectivity index (χ0) is 19.8. The Morgan fingerprint density at radius 2 is 1.19 bits per heavy atom. The van der Waals surface area contributed by atoms with E-state index < -0.39 is 6.60 Å². The van der Waals surface area contributed by atoms with E-state index in [1.807, 2.05) is 6.07 Å². The molecule has 0 saturated heterocycles. The zero-order valence-electron chi connectivity index (χ0n) is 17.2. The van der Waals surface area contributed by atoms with Crippen molar-refractivity contribution >= 4 is 40.4 Å². The van der Waals surface area contributed by atoms with Crippen LogP contribution in [-0.2, 0) is 0 Å². The second-order valence-electron chi connectivity index (χ2n) is 7.87. The van der Waals surface area contributed by atoms with E-state index in [0.717, 1.165) is 5.02 Å². The number of hydrogen-bond donors (Lipinski definition) is 0. The van der Waals surface area contributed by atoms with Crippen LogP contribution in [0, 0.1) is 0 Å². The third-order valence-electron chi connectivity index (χ3n) is 6.15. The van der Waals surface area contributed by atoms with Gasteiger partial charge in [-0.05, 0) is 0 Å². The van der Waals surface area contributed by atoms with Crippen molar-refractivity contribution in [2.24, 2.45) is 0 Å². The fraction of sp³-hybridized carbons (Fsp3) is 0.500. The number of halogens is 2. The first-order chi connectivity index (χ1) is 13.0. The van der Waals surface area contributed by atoms with Gasteiger partial charge in [0.25, 0.3) is 0 Å². The normalized spacial score (nSPS) is 13.3. The van der Waals surface area contributed by atoms with E-state index in [0.29, 0.717) is 5.02 Å². The van der Waals surface area contributed by atoms with Gasteiger partial charge < -0.3 is 0 Å². The van der Waals surface area contributed by atoms with Crippen molar-refractivity contribution in [3.05, 3.63) is 58.6 Å². The van der Waals surface area contributed by atoms with Crippen LogP contribution in [0.4, 0.5) is 0 Å². The molecule has 0 saturated carbocycles. The summed E-state index contributed by atoms with van der Waals surface area (Å²) in [5, 5.41) is 4.38. The van der Waals surface area contributed by atoms with Crippen LogP contribution in [0.2, 0.25) is 10.0 Å². The average Bonchev–Trinajstić information content (AvgIpc) is 2.71. The van der Waals surface area contributed by atoms with Crippen LogP contribution in [-0.4, -0.2) is 18.5 Å². The summed E-state index contributed by atoms with van der Waals surface area (Å²) in [7, 11) is 0. The summed E-state index contributed by atoms with van der Waals surface area (Å²) in [6.07, 6.45) is 11.1. The summed E-state index contributed by atoms with van der Waals surface area (Å²) >= 11 is 13.5. The molecule has 0 spiro atoms. The number of unbranched alkanes of at least 4 members (excludes halogenated alkanes) is 3. The monoisotopic (exact) mass is 424 g/mol. The quantitative estimate of drug-likeness (QED) is 0.321. The molecule has 2 aromatic rings. The summed E-state index contributed by atoms with van der Waals surface area (Å²) in [4.78, 5) is 0. The number of rotatable bonds is 11. The molecule has 0 unspecified atom stereocenters. The minimum absolute atomic E-state index is 0.698. The third kappa shape index (κ3) is 4.55. The van der Waals surface area contributed by atoms with E-state index in [2.05, 4.69) is 63.2 Å². The topological polar surface area (TPSA) is 0 Å². The van der Waals surface area contributed by atoms with Gasteiger partial charge in [0, 0.05) is 0 Å². The van der Waals surface area contributed by atoms with E-state index in [-0.39, 0.29) is 0 Å². The van der Waals surface area contributed by atoms with Crippen molar-refractivity contribution in [3.8, 4) is 0 Å². The molecular weight excluding hydrogens is 390 g/mol. The maximum absolute atomic E-state index is 6.95. The van der Waals surface area contributed by atoms with Crippen molar-refractivity contribution in [1.82, 2.24) is 0 Å².